The van der Waals surface area contributed by atoms with Crippen LogP contribution >= 0.6 is 6.04 Å². The molecule has 0 N–H and O–H groups in total. The topological polar surface area (TPSA) is 38.7 Å². The van der Waals surface area contributed by atoms with Crippen molar-refractivity contribution in [1.29, 1.82) is 0 Å². The predicted octanol–water partition coefficient (Wildman–Crippen LogP) is 6.02. The normalized spacial score (nSPS) is 11.4. The molecule has 0 amide bonds. The maximum absolute atomic E-state index is 6.00. The molecule has 1 aromatic carbocycles. The largest absolute Gasteiger partial charge is 0.255 e. The van der Waals surface area contributed by atoms with Crippen LogP contribution in [0.15, 0.2) is 85.2 Å². The van der Waals surface area contributed by atoms with Crippen molar-refractivity contribution < 1.29 is 0 Å². The minimum absolute atomic E-state index is 0.839. The number of benzene rings is 1. The quantitative estimate of drug-likeness (QED) is 0.352. The molecule has 30 heavy (non-hydrogen) atoms. The van der Waals surface area contributed by atoms with Crippen LogP contribution in [0.25, 0.3) is 33.9 Å². The number of nitrogens with zero attached hydrogens (tertiary/aromatic N) is 3. The maximum Gasteiger partial charge on any atom is 0.0894 e. The van der Waals surface area contributed by atoms with Gasteiger partial charge in [-0.1, -0.05) is 62.1 Å². The second-order valence-corrected chi connectivity index (χ2v) is 12.8. The third-order valence-electron chi connectivity index (χ3n) is 5.37. The molecule has 0 radical (unpaired) electrons. The van der Waals surface area contributed by atoms with E-state index in [1.165, 1.54) is 5.30 Å². The van der Waals surface area contributed by atoms with Gasteiger partial charge >= 0.3 is 0 Å². The molecule has 3 heterocycles. The van der Waals surface area contributed by atoms with Gasteiger partial charge in [0, 0.05) is 18.0 Å². The van der Waals surface area contributed by atoms with E-state index in [2.05, 4.69) is 49.2 Å². The Morgan fingerprint density at radius 1 is 0.700 bits per heavy atom. The summed E-state index contributed by atoms with van der Waals surface area (Å²) in [6.45, 7) is 4.42. The molecule has 0 aliphatic carbocycles. The summed E-state index contributed by atoms with van der Waals surface area (Å²) in [6.07, 6.45) is 5.81. The second kappa shape index (κ2) is 8.99. The van der Waals surface area contributed by atoms with E-state index < -0.39 is 6.04 Å². The smallest absolute Gasteiger partial charge is 0.0894 e. The Kier molecular flexibility index (Phi) is 6.17. The summed E-state index contributed by atoms with van der Waals surface area (Å²) in [5, 5.41) is 1.31. The first-order chi connectivity index (χ1) is 14.6. The van der Waals surface area contributed by atoms with Crippen LogP contribution in [0.5, 0.6) is 0 Å². The molecular weight excluding hydrogens is 405 g/mol. The van der Waals surface area contributed by atoms with E-state index >= 15 is 0 Å². The zero-order valence-electron chi connectivity index (χ0n) is 17.2. The predicted molar refractivity (Wildman–Crippen MR) is 131 cm³/mol. The van der Waals surface area contributed by atoms with Crippen molar-refractivity contribution in [3.63, 3.8) is 0 Å². The van der Waals surface area contributed by atoms with Gasteiger partial charge in [-0.05, 0) is 65.6 Å². The highest BCUT2D eigenvalue weighted by Crippen LogP contribution is 2.44. The van der Waals surface area contributed by atoms with Crippen LogP contribution < -0.4 is 5.30 Å². The van der Waals surface area contributed by atoms with E-state index in [-0.39, 0.29) is 0 Å². The van der Waals surface area contributed by atoms with Gasteiger partial charge < -0.3 is 0 Å². The second-order valence-electron chi connectivity index (χ2n) is 7.13. The first-order valence-electron chi connectivity index (χ1n) is 10.2. The molecule has 0 fully saturated rings. The Labute approximate surface area is 183 Å². The molecule has 3 aromatic heterocycles. The SMILES string of the molecule is CCP(=S)(CC)c1cccc(-c2ccc(-c3cccc(-c4ccccn4)n3)nc2)c1. The molecule has 0 saturated heterocycles. The minimum atomic E-state index is -1.48. The van der Waals surface area contributed by atoms with Gasteiger partial charge in [0.25, 0.3) is 0 Å². The van der Waals surface area contributed by atoms with E-state index in [1.807, 2.05) is 48.7 Å². The van der Waals surface area contributed by atoms with Crippen molar-refractivity contribution in [3.8, 4) is 33.9 Å². The lowest BCUT2D eigenvalue weighted by Gasteiger charge is -2.19. The zero-order chi connectivity index (χ0) is 21.0. The Bertz CT molecular complexity index is 1180. The lowest BCUT2D eigenvalue weighted by atomic mass is 10.1. The molecule has 150 valence electrons. The Balaban J connectivity index is 1.64. The van der Waals surface area contributed by atoms with Gasteiger partial charge in [0.1, 0.15) is 0 Å². The molecule has 0 unspecified atom stereocenters. The number of aromatic nitrogens is 3. The molecule has 3 nitrogen and oxygen atoms in total. The highest BCUT2D eigenvalue weighted by Gasteiger charge is 2.15. The fraction of sp³-hybridized carbons (Fsp3) is 0.160. The van der Waals surface area contributed by atoms with Crippen molar-refractivity contribution in [2.75, 3.05) is 12.3 Å². The molecule has 4 rings (SSSR count). The average molecular weight is 430 g/mol. The Morgan fingerprint density at radius 2 is 1.40 bits per heavy atom. The van der Waals surface area contributed by atoms with Crippen LogP contribution in [-0.4, -0.2) is 27.3 Å². The number of pyridine rings is 3. The standard InChI is InChI=1S/C25H24N3PS/c1-3-29(30,4-2)21-10-7-9-19(17-21)20-14-15-23(27-18-20)25-13-8-12-24(28-25)22-11-5-6-16-26-22/h5-18H,3-4H2,1-2H3. The van der Waals surface area contributed by atoms with Gasteiger partial charge in [-0.15, -0.1) is 0 Å². The summed E-state index contributed by atoms with van der Waals surface area (Å²) in [7, 11) is 0. The van der Waals surface area contributed by atoms with Crippen LogP contribution in [0.4, 0.5) is 0 Å². The van der Waals surface area contributed by atoms with Gasteiger partial charge in [0.15, 0.2) is 0 Å². The summed E-state index contributed by atoms with van der Waals surface area (Å²) >= 11 is 6.00. The van der Waals surface area contributed by atoms with Gasteiger partial charge in [-0.2, -0.15) is 0 Å². The van der Waals surface area contributed by atoms with E-state index in [1.54, 1.807) is 6.20 Å². The fourth-order valence-electron chi connectivity index (χ4n) is 3.48. The van der Waals surface area contributed by atoms with Crippen molar-refractivity contribution >= 4 is 23.1 Å². The molecule has 0 bridgehead atoms. The molecule has 0 atom stereocenters. The van der Waals surface area contributed by atoms with Crippen LogP contribution in [0.1, 0.15) is 13.8 Å². The van der Waals surface area contributed by atoms with Gasteiger partial charge in [0.2, 0.25) is 0 Å². The molecule has 0 spiro atoms. The van der Waals surface area contributed by atoms with Gasteiger partial charge in [0.05, 0.1) is 22.8 Å². The molecule has 4 aromatic rings. The summed E-state index contributed by atoms with van der Waals surface area (Å²) in [4.78, 5) is 13.8. The van der Waals surface area contributed by atoms with E-state index in [0.29, 0.717) is 0 Å². The first kappa shape index (κ1) is 20.6. The van der Waals surface area contributed by atoms with Crippen molar-refractivity contribution in [3.05, 3.63) is 85.2 Å². The summed E-state index contributed by atoms with van der Waals surface area (Å²) in [6, 6.07) is 23.1. The third-order valence-corrected chi connectivity index (χ3v) is 10.8. The lowest BCUT2D eigenvalue weighted by Crippen LogP contribution is -2.08. The van der Waals surface area contributed by atoms with Gasteiger partial charge in [-0.25, -0.2) is 4.98 Å². The maximum atomic E-state index is 6.00. The van der Waals surface area contributed by atoms with Crippen LogP contribution in [0, 0.1) is 0 Å². The van der Waals surface area contributed by atoms with Crippen molar-refractivity contribution in [2.24, 2.45) is 0 Å². The summed E-state index contributed by atoms with van der Waals surface area (Å²) < 4.78 is 0. The van der Waals surface area contributed by atoms with Crippen molar-refractivity contribution in [2.45, 2.75) is 13.8 Å². The van der Waals surface area contributed by atoms with E-state index in [9.17, 15) is 0 Å². The number of rotatable bonds is 6. The first-order valence-corrected chi connectivity index (χ1v) is 13.3. The Hall–Kier alpha value is -2.68. The van der Waals surface area contributed by atoms with Crippen LogP contribution in [0.3, 0.4) is 0 Å². The molecular formula is C25H24N3PS. The average Bonchev–Trinajstić information content (AvgIpc) is 2.84. The molecule has 0 aliphatic heterocycles. The van der Waals surface area contributed by atoms with E-state index in [4.69, 9.17) is 21.8 Å². The molecule has 5 heteroatoms. The van der Waals surface area contributed by atoms with Gasteiger partial charge in [-0.3, -0.25) is 9.97 Å². The van der Waals surface area contributed by atoms with Crippen molar-refractivity contribution in [1.82, 2.24) is 15.0 Å². The zero-order valence-corrected chi connectivity index (χ0v) is 18.9. The van der Waals surface area contributed by atoms with Crippen LogP contribution in [0.2, 0.25) is 0 Å². The highest BCUT2D eigenvalue weighted by atomic mass is 32.4. The summed E-state index contributed by atoms with van der Waals surface area (Å²) in [5.41, 5.74) is 5.64. The lowest BCUT2D eigenvalue weighted by molar-refractivity contribution is 1.22. The molecule has 0 saturated carbocycles. The number of hydrogen-bond donors (Lipinski definition) is 0. The molecule has 0 aliphatic rings. The monoisotopic (exact) mass is 429 g/mol. The third kappa shape index (κ3) is 4.26. The minimum Gasteiger partial charge on any atom is -0.255 e. The summed E-state index contributed by atoms with van der Waals surface area (Å²) in [5.74, 6) is 0. The highest BCUT2D eigenvalue weighted by molar-refractivity contribution is 8.18. The Morgan fingerprint density at radius 3 is 2.03 bits per heavy atom. The van der Waals surface area contributed by atoms with Crippen LogP contribution in [-0.2, 0) is 11.8 Å². The number of hydrogen-bond acceptors (Lipinski definition) is 4. The fourth-order valence-corrected chi connectivity index (χ4v) is 5.73. The van der Waals surface area contributed by atoms with E-state index in [0.717, 1.165) is 46.2 Å².